The predicted molar refractivity (Wildman–Crippen MR) is 92.9 cm³/mol. The number of benzene rings is 2. The highest BCUT2D eigenvalue weighted by Gasteiger charge is 2.42. The topological polar surface area (TPSA) is 43.4 Å². The smallest absolute Gasteiger partial charge is 0.204 e. The second-order valence-electron chi connectivity index (χ2n) is 6.18. The lowest BCUT2D eigenvalue weighted by Gasteiger charge is -2.20. The summed E-state index contributed by atoms with van der Waals surface area (Å²) in [5, 5.41) is 0. The van der Waals surface area contributed by atoms with Crippen LogP contribution in [0, 0.1) is 6.92 Å². The van der Waals surface area contributed by atoms with E-state index in [2.05, 4.69) is 0 Å². The van der Waals surface area contributed by atoms with Crippen molar-refractivity contribution in [3.8, 4) is 0 Å². The Morgan fingerprint density at radius 2 is 1.54 bits per heavy atom. The molecule has 2 aromatic carbocycles. The van der Waals surface area contributed by atoms with E-state index in [1.54, 1.807) is 6.92 Å². The lowest BCUT2D eigenvalue weighted by atomic mass is 9.83. The number of carbonyl (C=O) groups is 2. The molecule has 0 bridgehead atoms. The van der Waals surface area contributed by atoms with E-state index in [1.165, 1.54) is 6.92 Å². The summed E-state index contributed by atoms with van der Waals surface area (Å²) in [6.45, 7) is 5.26. The SMILES string of the molecule is CC(=O)C1=C(C)O[C@@H](C(=O)c2ccc(C)cc2)[C@@H]1c1ccccc1. The first-order valence-electron chi connectivity index (χ1n) is 8.03. The Labute approximate surface area is 142 Å². The van der Waals surface area contributed by atoms with Crippen molar-refractivity contribution in [2.24, 2.45) is 0 Å². The summed E-state index contributed by atoms with van der Waals surface area (Å²) in [7, 11) is 0. The Balaban J connectivity index is 2.02. The first-order valence-corrected chi connectivity index (χ1v) is 8.03. The molecule has 0 saturated carbocycles. The molecule has 3 rings (SSSR count). The second kappa shape index (κ2) is 6.44. The first kappa shape index (κ1) is 16.2. The summed E-state index contributed by atoms with van der Waals surface area (Å²) in [5.74, 6) is 0.0272. The molecule has 0 amide bonds. The average molecular weight is 320 g/mol. The summed E-state index contributed by atoms with van der Waals surface area (Å²) < 4.78 is 5.86. The lowest BCUT2D eigenvalue weighted by Crippen LogP contribution is -2.28. The van der Waals surface area contributed by atoms with Crippen molar-refractivity contribution in [2.75, 3.05) is 0 Å². The zero-order chi connectivity index (χ0) is 17.3. The largest absolute Gasteiger partial charge is 0.485 e. The minimum Gasteiger partial charge on any atom is -0.485 e. The van der Waals surface area contributed by atoms with Crippen LogP contribution in [0.1, 0.15) is 41.3 Å². The fraction of sp³-hybridized carbons (Fsp3) is 0.238. The van der Waals surface area contributed by atoms with Crippen LogP contribution in [0.25, 0.3) is 0 Å². The van der Waals surface area contributed by atoms with Gasteiger partial charge in [0.05, 0.1) is 5.92 Å². The van der Waals surface area contributed by atoms with Crippen LogP contribution in [0.15, 0.2) is 65.9 Å². The van der Waals surface area contributed by atoms with Gasteiger partial charge in [-0.3, -0.25) is 9.59 Å². The van der Waals surface area contributed by atoms with Crippen LogP contribution in [0.4, 0.5) is 0 Å². The molecule has 0 aromatic heterocycles. The second-order valence-corrected chi connectivity index (χ2v) is 6.18. The van der Waals surface area contributed by atoms with E-state index in [0.717, 1.165) is 11.1 Å². The van der Waals surface area contributed by atoms with Crippen LogP contribution in [0.3, 0.4) is 0 Å². The van der Waals surface area contributed by atoms with E-state index >= 15 is 0 Å². The zero-order valence-electron chi connectivity index (χ0n) is 14.1. The van der Waals surface area contributed by atoms with E-state index in [1.807, 2.05) is 61.5 Å². The van der Waals surface area contributed by atoms with Crippen molar-refractivity contribution in [3.63, 3.8) is 0 Å². The van der Waals surface area contributed by atoms with Crippen LogP contribution < -0.4 is 0 Å². The highest BCUT2D eigenvalue weighted by molar-refractivity contribution is 6.04. The average Bonchev–Trinajstić information content (AvgIpc) is 2.93. The number of allylic oxidation sites excluding steroid dienone is 1. The third-order valence-electron chi connectivity index (χ3n) is 4.43. The van der Waals surface area contributed by atoms with Gasteiger partial charge in [0.15, 0.2) is 11.9 Å². The van der Waals surface area contributed by atoms with Crippen molar-refractivity contribution in [1.29, 1.82) is 0 Å². The number of carbonyl (C=O) groups excluding carboxylic acids is 2. The highest BCUT2D eigenvalue weighted by atomic mass is 16.5. The zero-order valence-corrected chi connectivity index (χ0v) is 14.1. The van der Waals surface area contributed by atoms with Gasteiger partial charge in [0.2, 0.25) is 5.78 Å². The van der Waals surface area contributed by atoms with Gasteiger partial charge in [-0.25, -0.2) is 0 Å². The van der Waals surface area contributed by atoms with Crippen molar-refractivity contribution in [3.05, 3.63) is 82.6 Å². The molecular weight excluding hydrogens is 300 g/mol. The number of hydrogen-bond acceptors (Lipinski definition) is 3. The first-order chi connectivity index (χ1) is 11.5. The van der Waals surface area contributed by atoms with E-state index in [0.29, 0.717) is 16.9 Å². The van der Waals surface area contributed by atoms with Crippen molar-refractivity contribution in [2.45, 2.75) is 32.8 Å². The standard InChI is InChI=1S/C21H20O3/c1-13-9-11-17(12-10-13)20(23)21-19(16-7-5-4-6-8-16)18(14(2)22)15(3)24-21/h4-12,19,21H,1-3H3/t19-,21-/m1/s1. The van der Waals surface area contributed by atoms with E-state index < -0.39 is 6.10 Å². The monoisotopic (exact) mass is 320 g/mol. The predicted octanol–water partition coefficient (Wildman–Crippen LogP) is 4.22. The molecule has 0 unspecified atom stereocenters. The molecule has 1 heterocycles. The van der Waals surface area contributed by atoms with Gasteiger partial charge in [0.1, 0.15) is 5.76 Å². The fourth-order valence-electron chi connectivity index (χ4n) is 3.25. The number of hydrogen-bond donors (Lipinski definition) is 0. The molecule has 0 fully saturated rings. The van der Waals surface area contributed by atoms with Crippen LogP contribution in [0.2, 0.25) is 0 Å². The molecule has 0 saturated heterocycles. The van der Waals surface area contributed by atoms with Crippen molar-refractivity contribution < 1.29 is 14.3 Å². The summed E-state index contributed by atoms with van der Waals surface area (Å²) in [5.41, 5.74) is 3.21. The maximum atomic E-state index is 13.0. The Kier molecular flexibility index (Phi) is 4.34. The molecule has 3 nitrogen and oxygen atoms in total. The van der Waals surface area contributed by atoms with Gasteiger partial charge in [0.25, 0.3) is 0 Å². The highest BCUT2D eigenvalue weighted by Crippen LogP contribution is 2.40. The Bertz CT molecular complexity index is 801. The molecular formula is C21H20O3. The minimum atomic E-state index is -0.700. The van der Waals surface area contributed by atoms with Crippen LogP contribution >= 0.6 is 0 Å². The summed E-state index contributed by atoms with van der Waals surface area (Å²) in [4.78, 5) is 25.1. The molecule has 2 atom stereocenters. The van der Waals surface area contributed by atoms with Crippen molar-refractivity contribution in [1.82, 2.24) is 0 Å². The van der Waals surface area contributed by atoms with Gasteiger partial charge in [-0.05, 0) is 26.3 Å². The number of ether oxygens (including phenoxy) is 1. The maximum Gasteiger partial charge on any atom is 0.204 e. The number of rotatable bonds is 4. The summed E-state index contributed by atoms with van der Waals surface area (Å²) in [6.07, 6.45) is -0.700. The Morgan fingerprint density at radius 3 is 2.12 bits per heavy atom. The van der Waals surface area contributed by atoms with Crippen LogP contribution in [-0.2, 0) is 9.53 Å². The Morgan fingerprint density at radius 1 is 0.917 bits per heavy atom. The molecule has 1 aliphatic heterocycles. The number of aryl methyl sites for hydroxylation is 1. The molecule has 1 aliphatic rings. The molecule has 122 valence electrons. The van der Waals surface area contributed by atoms with Gasteiger partial charge in [-0.15, -0.1) is 0 Å². The van der Waals surface area contributed by atoms with E-state index in [-0.39, 0.29) is 17.5 Å². The van der Waals surface area contributed by atoms with Gasteiger partial charge in [0, 0.05) is 11.1 Å². The molecule has 24 heavy (non-hydrogen) atoms. The normalized spacial score (nSPS) is 20.0. The van der Waals surface area contributed by atoms with Crippen LogP contribution in [-0.4, -0.2) is 17.7 Å². The van der Waals surface area contributed by atoms with Gasteiger partial charge < -0.3 is 4.74 Å². The molecule has 0 N–H and O–H groups in total. The van der Waals surface area contributed by atoms with Crippen LogP contribution in [0.5, 0.6) is 0 Å². The van der Waals surface area contributed by atoms with Gasteiger partial charge in [-0.1, -0.05) is 60.2 Å². The summed E-state index contributed by atoms with van der Waals surface area (Å²) >= 11 is 0. The van der Waals surface area contributed by atoms with E-state index in [9.17, 15) is 9.59 Å². The molecule has 0 spiro atoms. The molecule has 3 heteroatoms. The summed E-state index contributed by atoms with van der Waals surface area (Å²) in [6, 6.07) is 17.0. The van der Waals surface area contributed by atoms with E-state index in [4.69, 9.17) is 4.74 Å². The minimum absolute atomic E-state index is 0.0550. The third kappa shape index (κ3) is 2.90. The van der Waals surface area contributed by atoms with Gasteiger partial charge >= 0.3 is 0 Å². The third-order valence-corrected chi connectivity index (χ3v) is 4.43. The quantitative estimate of drug-likeness (QED) is 0.792. The molecule has 2 aromatic rings. The molecule has 0 aliphatic carbocycles. The van der Waals surface area contributed by atoms with Gasteiger partial charge in [-0.2, -0.15) is 0 Å². The maximum absolute atomic E-state index is 13.0. The lowest BCUT2D eigenvalue weighted by molar-refractivity contribution is -0.113. The van der Waals surface area contributed by atoms with Crippen molar-refractivity contribution >= 4 is 11.6 Å². The number of ketones is 2. The Hall–Kier alpha value is -2.68. The number of Topliss-reactive ketones (excluding diaryl/α,β-unsaturated/α-hetero) is 2. The fourth-order valence-corrected chi connectivity index (χ4v) is 3.25. The molecule has 0 radical (unpaired) electrons.